The summed E-state index contributed by atoms with van der Waals surface area (Å²) in [4.78, 5) is 15.0. The highest BCUT2D eigenvalue weighted by atomic mass is 16.7. The minimum absolute atomic E-state index is 0.0212. The lowest BCUT2D eigenvalue weighted by Crippen LogP contribution is -2.31. The summed E-state index contributed by atoms with van der Waals surface area (Å²) >= 11 is 0. The van der Waals surface area contributed by atoms with Gasteiger partial charge in [-0.1, -0.05) is 24.3 Å². The maximum absolute atomic E-state index is 13.1. The summed E-state index contributed by atoms with van der Waals surface area (Å²) < 4.78 is 12.7. The molecule has 1 aliphatic heterocycles. The smallest absolute Gasteiger partial charge is 0.254 e. The summed E-state index contributed by atoms with van der Waals surface area (Å²) in [5.41, 5.74) is 3.57. The molecule has 6 nitrogen and oxygen atoms in total. The third kappa shape index (κ3) is 3.65. The van der Waals surface area contributed by atoms with Crippen LogP contribution in [0.2, 0.25) is 0 Å². The Labute approximate surface area is 157 Å². The highest BCUT2D eigenvalue weighted by molar-refractivity contribution is 5.94. The Balaban J connectivity index is 1.63. The number of benzene rings is 2. The minimum atomic E-state index is -0.0212. The molecule has 1 amide bonds. The number of amides is 1. The van der Waals surface area contributed by atoms with E-state index in [9.17, 15) is 4.79 Å². The first-order valence-electron chi connectivity index (χ1n) is 8.82. The normalized spacial score (nSPS) is 12.2. The van der Waals surface area contributed by atoms with Gasteiger partial charge in [0.15, 0.2) is 11.5 Å². The van der Waals surface area contributed by atoms with Crippen LogP contribution in [-0.2, 0) is 20.1 Å². The molecule has 27 heavy (non-hydrogen) atoms. The predicted molar refractivity (Wildman–Crippen MR) is 101 cm³/mol. The van der Waals surface area contributed by atoms with Crippen LogP contribution in [0.1, 0.15) is 27.3 Å². The molecule has 0 saturated heterocycles. The molecule has 1 aliphatic rings. The number of aryl methyl sites for hydroxylation is 2. The van der Waals surface area contributed by atoms with Gasteiger partial charge in [-0.2, -0.15) is 5.10 Å². The van der Waals surface area contributed by atoms with Crippen LogP contribution in [0.15, 0.2) is 54.6 Å². The number of fused-ring (bicyclic) bond motifs is 1. The molecule has 0 bridgehead atoms. The van der Waals surface area contributed by atoms with Crippen LogP contribution < -0.4 is 9.47 Å². The van der Waals surface area contributed by atoms with E-state index in [2.05, 4.69) is 5.10 Å². The van der Waals surface area contributed by atoms with Crippen LogP contribution >= 0.6 is 0 Å². The lowest BCUT2D eigenvalue weighted by Gasteiger charge is -2.23. The molecule has 0 spiro atoms. The molecule has 2 aromatic carbocycles. The second-order valence-corrected chi connectivity index (χ2v) is 6.62. The number of carbonyl (C=O) groups is 1. The van der Waals surface area contributed by atoms with Crippen LogP contribution in [0.3, 0.4) is 0 Å². The molecular weight excluding hydrogens is 342 g/mol. The van der Waals surface area contributed by atoms with Gasteiger partial charge in [0.1, 0.15) is 0 Å². The van der Waals surface area contributed by atoms with Gasteiger partial charge in [0.25, 0.3) is 5.91 Å². The monoisotopic (exact) mass is 363 g/mol. The topological polar surface area (TPSA) is 56.6 Å². The molecule has 138 valence electrons. The van der Waals surface area contributed by atoms with Gasteiger partial charge in [0.05, 0.1) is 17.9 Å². The fourth-order valence-corrected chi connectivity index (χ4v) is 3.23. The molecule has 4 rings (SSSR count). The maximum Gasteiger partial charge on any atom is 0.254 e. The molecule has 1 aromatic heterocycles. The molecule has 0 saturated carbocycles. The van der Waals surface area contributed by atoms with Crippen molar-refractivity contribution in [3.05, 3.63) is 77.1 Å². The van der Waals surface area contributed by atoms with Crippen molar-refractivity contribution in [3.8, 4) is 11.5 Å². The molecule has 3 aromatic rings. The molecule has 0 aliphatic carbocycles. The number of ether oxygens (including phenoxy) is 2. The van der Waals surface area contributed by atoms with Crippen LogP contribution in [0.25, 0.3) is 0 Å². The Kier molecular flexibility index (Phi) is 4.54. The van der Waals surface area contributed by atoms with E-state index in [4.69, 9.17) is 9.47 Å². The van der Waals surface area contributed by atoms with E-state index >= 15 is 0 Å². The van der Waals surface area contributed by atoms with Gasteiger partial charge in [-0.15, -0.1) is 0 Å². The first-order chi connectivity index (χ1) is 13.1. The fourth-order valence-electron chi connectivity index (χ4n) is 3.23. The van der Waals surface area contributed by atoms with Gasteiger partial charge in [-0.3, -0.25) is 9.48 Å². The van der Waals surface area contributed by atoms with Gasteiger partial charge < -0.3 is 14.4 Å². The Bertz CT molecular complexity index is 966. The van der Waals surface area contributed by atoms with E-state index in [1.807, 2.05) is 78.2 Å². The predicted octanol–water partition coefficient (Wildman–Crippen LogP) is 3.30. The first kappa shape index (κ1) is 17.1. The molecule has 0 radical (unpaired) electrons. The van der Waals surface area contributed by atoms with Gasteiger partial charge in [0, 0.05) is 19.2 Å². The lowest BCUT2D eigenvalue weighted by atomic mass is 10.1. The number of hydrogen-bond donors (Lipinski definition) is 0. The molecule has 0 N–H and O–H groups in total. The fraction of sp³-hybridized carbons (Fsp3) is 0.238. The van der Waals surface area contributed by atoms with Crippen LogP contribution in [0, 0.1) is 6.92 Å². The van der Waals surface area contributed by atoms with Crippen molar-refractivity contribution in [3.63, 3.8) is 0 Å². The summed E-state index contributed by atoms with van der Waals surface area (Å²) in [6.07, 6.45) is 0. The molecule has 0 unspecified atom stereocenters. The zero-order valence-corrected chi connectivity index (χ0v) is 15.4. The van der Waals surface area contributed by atoms with Crippen LogP contribution in [-0.4, -0.2) is 27.4 Å². The van der Waals surface area contributed by atoms with Crippen molar-refractivity contribution in [2.75, 3.05) is 6.79 Å². The number of hydrogen-bond acceptors (Lipinski definition) is 4. The Morgan fingerprint density at radius 1 is 1.07 bits per heavy atom. The summed E-state index contributed by atoms with van der Waals surface area (Å²) in [6, 6.07) is 17.1. The van der Waals surface area contributed by atoms with E-state index in [-0.39, 0.29) is 12.7 Å². The Hall–Kier alpha value is -3.28. The number of carbonyl (C=O) groups excluding carboxylic acids is 1. The van der Waals surface area contributed by atoms with Gasteiger partial charge in [0.2, 0.25) is 6.79 Å². The molecule has 0 atom stereocenters. The van der Waals surface area contributed by atoms with E-state index in [0.717, 1.165) is 28.5 Å². The third-order valence-corrected chi connectivity index (χ3v) is 4.57. The zero-order valence-electron chi connectivity index (χ0n) is 15.4. The van der Waals surface area contributed by atoms with Gasteiger partial charge in [-0.25, -0.2) is 0 Å². The van der Waals surface area contributed by atoms with Gasteiger partial charge in [-0.05, 0) is 42.8 Å². The van der Waals surface area contributed by atoms with Crippen molar-refractivity contribution in [2.45, 2.75) is 20.0 Å². The SMILES string of the molecule is Cc1cc(CN(Cc2ccc3c(c2)OCO3)C(=O)c2ccccc2)n(C)n1. The second-order valence-electron chi connectivity index (χ2n) is 6.62. The lowest BCUT2D eigenvalue weighted by molar-refractivity contribution is 0.0726. The summed E-state index contributed by atoms with van der Waals surface area (Å²) in [6.45, 7) is 3.12. The van der Waals surface area contributed by atoms with Gasteiger partial charge >= 0.3 is 0 Å². The maximum atomic E-state index is 13.1. The summed E-state index contributed by atoms with van der Waals surface area (Å²) in [5, 5.41) is 4.39. The number of aromatic nitrogens is 2. The average Bonchev–Trinajstić information content (AvgIpc) is 3.26. The van der Waals surface area contributed by atoms with E-state index in [0.29, 0.717) is 18.7 Å². The standard InChI is InChI=1S/C21H21N3O3/c1-15-10-18(23(2)22-15)13-24(21(25)17-6-4-3-5-7-17)12-16-8-9-19-20(11-16)27-14-26-19/h3-11H,12-14H2,1-2H3. The Morgan fingerprint density at radius 2 is 1.85 bits per heavy atom. The van der Waals surface area contributed by atoms with Crippen molar-refractivity contribution < 1.29 is 14.3 Å². The molecule has 0 fully saturated rings. The quantitative estimate of drug-likeness (QED) is 0.698. The van der Waals surface area contributed by atoms with Crippen molar-refractivity contribution >= 4 is 5.91 Å². The van der Waals surface area contributed by atoms with E-state index < -0.39 is 0 Å². The van der Waals surface area contributed by atoms with Crippen LogP contribution in [0.4, 0.5) is 0 Å². The summed E-state index contributed by atoms with van der Waals surface area (Å²) in [7, 11) is 1.90. The average molecular weight is 363 g/mol. The highest BCUT2D eigenvalue weighted by Crippen LogP contribution is 2.33. The first-order valence-corrected chi connectivity index (χ1v) is 8.82. The van der Waals surface area contributed by atoms with Crippen molar-refractivity contribution in [1.29, 1.82) is 0 Å². The zero-order chi connectivity index (χ0) is 18.8. The van der Waals surface area contributed by atoms with Crippen molar-refractivity contribution in [2.24, 2.45) is 7.05 Å². The van der Waals surface area contributed by atoms with E-state index in [1.165, 1.54) is 0 Å². The summed E-state index contributed by atoms with van der Waals surface area (Å²) in [5.74, 6) is 1.44. The molecule has 2 heterocycles. The highest BCUT2D eigenvalue weighted by Gasteiger charge is 2.20. The molecular formula is C21H21N3O3. The largest absolute Gasteiger partial charge is 0.454 e. The second kappa shape index (κ2) is 7.15. The number of rotatable bonds is 5. The Morgan fingerprint density at radius 3 is 2.59 bits per heavy atom. The van der Waals surface area contributed by atoms with Crippen molar-refractivity contribution in [1.82, 2.24) is 14.7 Å². The number of nitrogens with zero attached hydrogens (tertiary/aromatic N) is 3. The third-order valence-electron chi connectivity index (χ3n) is 4.57. The van der Waals surface area contributed by atoms with E-state index in [1.54, 1.807) is 0 Å². The van der Waals surface area contributed by atoms with Crippen LogP contribution in [0.5, 0.6) is 11.5 Å². The molecule has 6 heteroatoms. The minimum Gasteiger partial charge on any atom is -0.454 e.